The predicted molar refractivity (Wildman–Crippen MR) is 54.2 cm³/mol. The number of amides is 1. The largest absolute Gasteiger partial charge is 0.352 e. The summed E-state index contributed by atoms with van der Waals surface area (Å²) in [4.78, 5) is 10.8. The first kappa shape index (κ1) is 14.5. The van der Waals surface area contributed by atoms with Gasteiger partial charge in [-0.25, -0.2) is 0 Å². The molecule has 12 heavy (non-hydrogen) atoms. The summed E-state index contributed by atoms with van der Waals surface area (Å²) in [5.41, 5.74) is 0. The smallest absolute Gasteiger partial charge is 0.219 e. The van der Waals surface area contributed by atoms with Crippen LogP contribution in [0.3, 0.4) is 0 Å². The monoisotopic (exact) mass is 214 g/mol. The van der Waals surface area contributed by atoms with Gasteiger partial charge in [-0.05, 0) is 13.0 Å². The molecule has 1 aliphatic rings. The van der Waals surface area contributed by atoms with E-state index in [2.05, 4.69) is 10.6 Å². The molecule has 1 atom stereocenters. The van der Waals surface area contributed by atoms with Crippen LogP contribution < -0.4 is 10.6 Å². The Bertz CT molecular complexity index is 127. The van der Waals surface area contributed by atoms with Crippen molar-refractivity contribution in [1.29, 1.82) is 0 Å². The molecule has 2 N–H and O–H groups in total. The summed E-state index contributed by atoms with van der Waals surface area (Å²) in [6, 6.07) is 0.382. The lowest BCUT2D eigenvalue weighted by Gasteiger charge is -2.08. The third kappa shape index (κ3) is 4.80. The van der Waals surface area contributed by atoms with Gasteiger partial charge in [0.25, 0.3) is 0 Å². The van der Waals surface area contributed by atoms with E-state index in [1.807, 2.05) is 6.92 Å². The van der Waals surface area contributed by atoms with E-state index < -0.39 is 0 Å². The Morgan fingerprint density at radius 3 is 2.67 bits per heavy atom. The standard InChI is InChI=1S/C7H14N2O.2ClH/c1-2-7(10)9-6-3-4-8-5-6;;/h6,8H,2-5H2,1H3,(H,9,10);2*1H. The van der Waals surface area contributed by atoms with Crippen LogP contribution in [0.15, 0.2) is 0 Å². The van der Waals surface area contributed by atoms with Gasteiger partial charge in [-0.3, -0.25) is 4.79 Å². The molecule has 0 aromatic rings. The highest BCUT2D eigenvalue weighted by Gasteiger charge is 2.14. The van der Waals surface area contributed by atoms with Crippen molar-refractivity contribution < 1.29 is 4.79 Å². The number of halogens is 2. The van der Waals surface area contributed by atoms with Crippen molar-refractivity contribution in [3.05, 3.63) is 0 Å². The van der Waals surface area contributed by atoms with E-state index in [-0.39, 0.29) is 30.7 Å². The zero-order valence-electron chi connectivity index (χ0n) is 7.13. The summed E-state index contributed by atoms with van der Waals surface area (Å²) in [6.45, 7) is 3.85. The third-order valence-corrected chi connectivity index (χ3v) is 1.75. The molecule has 1 saturated heterocycles. The summed E-state index contributed by atoms with van der Waals surface area (Å²) in [5, 5.41) is 6.11. The normalized spacial score (nSPS) is 20.6. The Morgan fingerprint density at radius 1 is 1.58 bits per heavy atom. The lowest BCUT2D eigenvalue weighted by molar-refractivity contribution is -0.121. The first-order valence-electron chi connectivity index (χ1n) is 3.83. The lowest BCUT2D eigenvalue weighted by atomic mass is 10.2. The van der Waals surface area contributed by atoms with Gasteiger partial charge >= 0.3 is 0 Å². The van der Waals surface area contributed by atoms with E-state index in [1.165, 1.54) is 0 Å². The van der Waals surface area contributed by atoms with Gasteiger partial charge in [0.2, 0.25) is 5.91 Å². The van der Waals surface area contributed by atoms with Gasteiger partial charge in [-0.2, -0.15) is 0 Å². The predicted octanol–water partition coefficient (Wildman–Crippen LogP) is 0.718. The topological polar surface area (TPSA) is 41.1 Å². The molecule has 3 nitrogen and oxygen atoms in total. The van der Waals surface area contributed by atoms with Crippen LogP contribution in [0.25, 0.3) is 0 Å². The summed E-state index contributed by atoms with van der Waals surface area (Å²) >= 11 is 0. The van der Waals surface area contributed by atoms with Gasteiger partial charge in [-0.1, -0.05) is 6.92 Å². The van der Waals surface area contributed by atoms with Gasteiger partial charge in [0.15, 0.2) is 0 Å². The molecule has 0 radical (unpaired) electrons. The molecule has 1 heterocycles. The van der Waals surface area contributed by atoms with Gasteiger partial charge < -0.3 is 10.6 Å². The molecule has 0 spiro atoms. The van der Waals surface area contributed by atoms with Crippen molar-refractivity contribution in [2.24, 2.45) is 0 Å². The van der Waals surface area contributed by atoms with Crippen LogP contribution in [0.4, 0.5) is 0 Å². The van der Waals surface area contributed by atoms with Gasteiger partial charge in [0, 0.05) is 19.0 Å². The number of carbonyl (C=O) groups is 1. The first-order valence-corrected chi connectivity index (χ1v) is 3.83. The van der Waals surface area contributed by atoms with Crippen LogP contribution in [-0.2, 0) is 4.79 Å². The molecular formula is C7H16Cl2N2O. The minimum Gasteiger partial charge on any atom is -0.352 e. The molecule has 1 amide bonds. The van der Waals surface area contributed by atoms with E-state index in [9.17, 15) is 4.79 Å². The van der Waals surface area contributed by atoms with Crippen molar-refractivity contribution in [2.75, 3.05) is 13.1 Å². The second-order valence-corrected chi connectivity index (χ2v) is 2.61. The third-order valence-electron chi connectivity index (χ3n) is 1.75. The number of hydrogen-bond acceptors (Lipinski definition) is 2. The molecule has 5 heteroatoms. The number of rotatable bonds is 2. The zero-order chi connectivity index (χ0) is 7.40. The lowest BCUT2D eigenvalue weighted by Crippen LogP contribution is -2.35. The van der Waals surface area contributed by atoms with E-state index >= 15 is 0 Å². The maximum atomic E-state index is 10.8. The molecule has 0 bridgehead atoms. The highest BCUT2D eigenvalue weighted by molar-refractivity contribution is 5.85. The van der Waals surface area contributed by atoms with Crippen LogP contribution in [0, 0.1) is 0 Å². The SMILES string of the molecule is CCC(=O)NC1CCNC1.Cl.Cl. The summed E-state index contributed by atoms with van der Waals surface area (Å²) < 4.78 is 0. The summed E-state index contributed by atoms with van der Waals surface area (Å²) in [6.07, 6.45) is 1.67. The van der Waals surface area contributed by atoms with Crippen molar-refractivity contribution in [3.8, 4) is 0 Å². The van der Waals surface area contributed by atoms with Crippen molar-refractivity contribution in [3.63, 3.8) is 0 Å². The minimum atomic E-state index is 0. The van der Waals surface area contributed by atoms with Gasteiger partial charge in [-0.15, -0.1) is 24.8 Å². The summed E-state index contributed by atoms with van der Waals surface area (Å²) in [5.74, 6) is 0.161. The molecule has 1 fully saturated rings. The quantitative estimate of drug-likeness (QED) is 0.712. The van der Waals surface area contributed by atoms with E-state index in [0.29, 0.717) is 12.5 Å². The van der Waals surface area contributed by atoms with Crippen LogP contribution in [0.2, 0.25) is 0 Å². The van der Waals surface area contributed by atoms with Crippen molar-refractivity contribution in [2.45, 2.75) is 25.8 Å². The molecule has 1 unspecified atom stereocenters. The Kier molecular flexibility index (Phi) is 9.26. The highest BCUT2D eigenvalue weighted by Crippen LogP contribution is 1.96. The molecule has 74 valence electrons. The van der Waals surface area contributed by atoms with Crippen LogP contribution >= 0.6 is 24.8 Å². The second kappa shape index (κ2) is 7.65. The summed E-state index contributed by atoms with van der Waals surface area (Å²) in [7, 11) is 0. The fourth-order valence-electron chi connectivity index (χ4n) is 1.11. The fraction of sp³-hybridized carbons (Fsp3) is 0.857. The van der Waals surface area contributed by atoms with Crippen molar-refractivity contribution >= 4 is 30.7 Å². The zero-order valence-corrected chi connectivity index (χ0v) is 8.76. The molecule has 0 saturated carbocycles. The first-order chi connectivity index (χ1) is 4.83. The maximum absolute atomic E-state index is 10.8. The maximum Gasteiger partial charge on any atom is 0.219 e. The van der Waals surface area contributed by atoms with Gasteiger partial charge in [0.05, 0.1) is 0 Å². The number of nitrogens with one attached hydrogen (secondary N) is 2. The minimum absolute atomic E-state index is 0. The molecule has 1 aliphatic heterocycles. The van der Waals surface area contributed by atoms with Crippen LogP contribution in [0.1, 0.15) is 19.8 Å². The van der Waals surface area contributed by atoms with Crippen LogP contribution in [0.5, 0.6) is 0 Å². The Labute approximate surface area is 85.5 Å². The molecular weight excluding hydrogens is 199 g/mol. The molecule has 1 rings (SSSR count). The Hall–Kier alpha value is 0.01000. The molecule has 0 aromatic carbocycles. The number of carbonyl (C=O) groups excluding carboxylic acids is 1. The second-order valence-electron chi connectivity index (χ2n) is 2.61. The Balaban J connectivity index is 0. The van der Waals surface area contributed by atoms with Crippen molar-refractivity contribution in [1.82, 2.24) is 10.6 Å². The van der Waals surface area contributed by atoms with E-state index in [4.69, 9.17) is 0 Å². The van der Waals surface area contributed by atoms with E-state index in [1.54, 1.807) is 0 Å². The molecule has 0 aliphatic carbocycles. The van der Waals surface area contributed by atoms with Gasteiger partial charge in [0.1, 0.15) is 0 Å². The Morgan fingerprint density at radius 2 is 2.25 bits per heavy atom. The van der Waals surface area contributed by atoms with E-state index in [0.717, 1.165) is 19.5 Å². The number of hydrogen-bond donors (Lipinski definition) is 2. The average molecular weight is 215 g/mol. The molecule has 0 aromatic heterocycles. The fourth-order valence-corrected chi connectivity index (χ4v) is 1.11. The van der Waals surface area contributed by atoms with Crippen LogP contribution in [-0.4, -0.2) is 25.0 Å². The average Bonchev–Trinajstić information content (AvgIpc) is 2.40. The highest BCUT2D eigenvalue weighted by atomic mass is 35.5.